The minimum absolute atomic E-state index is 0.423. The second kappa shape index (κ2) is 6.75. The molecule has 0 fully saturated rings. The monoisotopic (exact) mass is 268 g/mol. The molecule has 3 nitrogen and oxygen atoms in total. The lowest BCUT2D eigenvalue weighted by Gasteiger charge is -2.10. The van der Waals surface area contributed by atoms with E-state index < -0.39 is 5.91 Å². The van der Waals surface area contributed by atoms with Gasteiger partial charge in [-0.3, -0.25) is 4.79 Å². The molecule has 0 aliphatic carbocycles. The van der Waals surface area contributed by atoms with Gasteiger partial charge in [-0.1, -0.05) is 37.6 Å². The fourth-order valence-corrected chi connectivity index (χ4v) is 2.10. The van der Waals surface area contributed by atoms with Gasteiger partial charge in [0.05, 0.1) is 11.3 Å². The molecule has 0 radical (unpaired) electrons. The Morgan fingerprint density at radius 3 is 2.45 bits per heavy atom. The summed E-state index contributed by atoms with van der Waals surface area (Å²) in [5, 5.41) is 3.24. The Balaban J connectivity index is 2.12. The normalized spacial score (nSPS) is 10.2. The van der Waals surface area contributed by atoms with Gasteiger partial charge in [-0.15, -0.1) is 0 Å². The van der Waals surface area contributed by atoms with Gasteiger partial charge in [0.15, 0.2) is 0 Å². The van der Waals surface area contributed by atoms with Crippen molar-refractivity contribution < 1.29 is 4.79 Å². The highest BCUT2D eigenvalue weighted by Crippen LogP contribution is 2.21. The molecule has 2 aromatic carbocycles. The van der Waals surface area contributed by atoms with Crippen molar-refractivity contribution >= 4 is 17.3 Å². The predicted octanol–water partition coefficient (Wildman–Crippen LogP) is 3.87. The molecule has 0 heterocycles. The number of hydrogen-bond acceptors (Lipinski definition) is 2. The summed E-state index contributed by atoms with van der Waals surface area (Å²) >= 11 is 0. The summed E-state index contributed by atoms with van der Waals surface area (Å²) in [7, 11) is 0. The van der Waals surface area contributed by atoms with Gasteiger partial charge in [-0.05, 0) is 42.7 Å². The van der Waals surface area contributed by atoms with Crippen LogP contribution in [-0.4, -0.2) is 5.91 Å². The Hall–Kier alpha value is -2.29. The van der Waals surface area contributed by atoms with E-state index in [1.165, 1.54) is 18.4 Å². The van der Waals surface area contributed by atoms with E-state index in [0.29, 0.717) is 5.56 Å². The number of amides is 1. The maximum Gasteiger partial charge on any atom is 0.250 e. The summed E-state index contributed by atoms with van der Waals surface area (Å²) in [6.45, 7) is 2.19. The van der Waals surface area contributed by atoms with E-state index in [9.17, 15) is 4.79 Å². The Labute approximate surface area is 119 Å². The number of nitrogens with two attached hydrogens (primary N) is 1. The third-order valence-electron chi connectivity index (χ3n) is 3.24. The molecule has 0 saturated heterocycles. The van der Waals surface area contributed by atoms with Crippen molar-refractivity contribution in [1.82, 2.24) is 0 Å². The van der Waals surface area contributed by atoms with Crippen LogP contribution in [0.5, 0.6) is 0 Å². The number of rotatable bonds is 6. The van der Waals surface area contributed by atoms with Crippen LogP contribution in [0.15, 0.2) is 48.5 Å². The third kappa shape index (κ3) is 3.60. The third-order valence-corrected chi connectivity index (χ3v) is 3.24. The van der Waals surface area contributed by atoms with Crippen molar-refractivity contribution in [2.45, 2.75) is 26.2 Å². The number of carbonyl (C=O) groups excluding carboxylic acids is 1. The van der Waals surface area contributed by atoms with Crippen molar-refractivity contribution in [1.29, 1.82) is 0 Å². The van der Waals surface area contributed by atoms with Gasteiger partial charge in [0.1, 0.15) is 0 Å². The molecule has 2 rings (SSSR count). The zero-order valence-electron chi connectivity index (χ0n) is 11.7. The second-order valence-corrected chi connectivity index (χ2v) is 4.84. The maximum atomic E-state index is 11.4. The van der Waals surface area contributed by atoms with Crippen LogP contribution >= 0.6 is 0 Å². The van der Waals surface area contributed by atoms with Crippen LogP contribution in [0.1, 0.15) is 35.7 Å². The van der Waals surface area contributed by atoms with Gasteiger partial charge in [-0.25, -0.2) is 0 Å². The van der Waals surface area contributed by atoms with Crippen LogP contribution in [0, 0.1) is 0 Å². The zero-order chi connectivity index (χ0) is 14.4. The molecular formula is C17H20N2O. The molecule has 1 amide bonds. The number of anilines is 2. The predicted molar refractivity (Wildman–Crippen MR) is 83.3 cm³/mol. The number of aryl methyl sites for hydroxylation is 1. The van der Waals surface area contributed by atoms with Crippen molar-refractivity contribution in [3.63, 3.8) is 0 Å². The first-order valence-electron chi connectivity index (χ1n) is 6.95. The van der Waals surface area contributed by atoms with E-state index >= 15 is 0 Å². The van der Waals surface area contributed by atoms with Crippen LogP contribution in [-0.2, 0) is 6.42 Å². The van der Waals surface area contributed by atoms with Gasteiger partial charge >= 0.3 is 0 Å². The lowest BCUT2D eigenvalue weighted by Crippen LogP contribution is -2.13. The summed E-state index contributed by atoms with van der Waals surface area (Å²) in [6.07, 6.45) is 3.51. The van der Waals surface area contributed by atoms with E-state index in [4.69, 9.17) is 5.73 Å². The van der Waals surface area contributed by atoms with E-state index in [1.54, 1.807) is 12.1 Å². The first-order valence-corrected chi connectivity index (χ1v) is 6.95. The molecule has 0 bridgehead atoms. The Morgan fingerprint density at radius 2 is 1.80 bits per heavy atom. The molecule has 20 heavy (non-hydrogen) atoms. The topological polar surface area (TPSA) is 55.1 Å². The number of unbranched alkanes of at least 4 members (excludes halogenated alkanes) is 1. The molecule has 0 saturated carbocycles. The van der Waals surface area contributed by atoms with Gasteiger partial charge in [0, 0.05) is 5.69 Å². The highest BCUT2D eigenvalue weighted by Gasteiger charge is 2.06. The molecule has 3 heteroatoms. The van der Waals surface area contributed by atoms with E-state index in [1.807, 2.05) is 24.3 Å². The highest BCUT2D eigenvalue weighted by atomic mass is 16.1. The molecule has 0 unspecified atom stereocenters. The lowest BCUT2D eigenvalue weighted by molar-refractivity contribution is 0.100. The summed E-state index contributed by atoms with van der Waals surface area (Å²) in [6, 6.07) is 15.6. The zero-order valence-corrected chi connectivity index (χ0v) is 11.7. The minimum atomic E-state index is -0.423. The Morgan fingerprint density at radius 1 is 1.10 bits per heavy atom. The number of benzene rings is 2. The molecule has 3 N–H and O–H groups in total. The molecule has 104 valence electrons. The van der Waals surface area contributed by atoms with Gasteiger partial charge in [0.2, 0.25) is 0 Å². The largest absolute Gasteiger partial charge is 0.366 e. The molecule has 0 spiro atoms. The molecule has 0 aliphatic heterocycles. The number of carbonyl (C=O) groups is 1. The number of hydrogen-bond donors (Lipinski definition) is 2. The van der Waals surface area contributed by atoms with Crippen LogP contribution < -0.4 is 11.1 Å². The van der Waals surface area contributed by atoms with Crippen LogP contribution in [0.25, 0.3) is 0 Å². The fourth-order valence-electron chi connectivity index (χ4n) is 2.10. The first kappa shape index (κ1) is 14.1. The van der Waals surface area contributed by atoms with Crippen molar-refractivity contribution in [2.75, 3.05) is 5.32 Å². The molecule has 0 aromatic heterocycles. The van der Waals surface area contributed by atoms with Gasteiger partial charge in [0.25, 0.3) is 5.91 Å². The quantitative estimate of drug-likeness (QED) is 0.835. The molecular weight excluding hydrogens is 248 g/mol. The van der Waals surface area contributed by atoms with Gasteiger partial charge < -0.3 is 11.1 Å². The standard InChI is InChI=1S/C17H20N2O/c1-2-3-6-13-9-11-14(12-10-13)19-16-8-5-4-7-15(16)17(18)20/h4-5,7-12,19H,2-3,6H2,1H3,(H2,18,20). The number of nitrogens with one attached hydrogen (secondary N) is 1. The van der Waals surface area contributed by atoms with Gasteiger partial charge in [-0.2, -0.15) is 0 Å². The summed E-state index contributed by atoms with van der Waals surface area (Å²) in [5.41, 5.74) is 8.90. The fraction of sp³-hybridized carbons (Fsp3) is 0.235. The van der Waals surface area contributed by atoms with E-state index in [-0.39, 0.29) is 0 Å². The number of primary amides is 1. The van der Waals surface area contributed by atoms with E-state index in [2.05, 4.69) is 24.4 Å². The lowest BCUT2D eigenvalue weighted by atomic mass is 10.1. The minimum Gasteiger partial charge on any atom is -0.366 e. The summed E-state index contributed by atoms with van der Waals surface area (Å²) < 4.78 is 0. The Bertz CT molecular complexity index is 576. The van der Waals surface area contributed by atoms with Crippen molar-refractivity contribution in [2.24, 2.45) is 5.73 Å². The van der Waals surface area contributed by atoms with E-state index in [0.717, 1.165) is 17.8 Å². The van der Waals surface area contributed by atoms with Crippen LogP contribution in [0.3, 0.4) is 0 Å². The molecule has 2 aromatic rings. The second-order valence-electron chi connectivity index (χ2n) is 4.84. The summed E-state index contributed by atoms with van der Waals surface area (Å²) in [5.74, 6) is -0.423. The smallest absolute Gasteiger partial charge is 0.250 e. The SMILES string of the molecule is CCCCc1ccc(Nc2ccccc2C(N)=O)cc1. The van der Waals surface area contributed by atoms with Crippen molar-refractivity contribution in [3.8, 4) is 0 Å². The summed E-state index contributed by atoms with van der Waals surface area (Å²) in [4.78, 5) is 11.4. The van der Waals surface area contributed by atoms with Crippen molar-refractivity contribution in [3.05, 3.63) is 59.7 Å². The molecule has 0 atom stereocenters. The number of para-hydroxylation sites is 1. The maximum absolute atomic E-state index is 11.4. The highest BCUT2D eigenvalue weighted by molar-refractivity contribution is 5.99. The molecule has 0 aliphatic rings. The average Bonchev–Trinajstić information content (AvgIpc) is 2.47. The van der Waals surface area contributed by atoms with Crippen LogP contribution in [0.4, 0.5) is 11.4 Å². The first-order chi connectivity index (χ1) is 9.70. The van der Waals surface area contributed by atoms with Crippen LogP contribution in [0.2, 0.25) is 0 Å². The Kier molecular flexibility index (Phi) is 4.77. The average molecular weight is 268 g/mol.